The Kier molecular flexibility index (Phi) is 5.99. The number of nitrogens with zero attached hydrogens (tertiary/aromatic N) is 2. The van der Waals surface area contributed by atoms with Crippen molar-refractivity contribution in [3.05, 3.63) is 60.2 Å². The highest BCUT2D eigenvalue weighted by molar-refractivity contribution is 6.03. The molecule has 0 N–H and O–H groups in total. The fourth-order valence-corrected chi connectivity index (χ4v) is 3.28. The number of carbonyl (C=O) groups excluding carboxylic acids is 2. The molecule has 0 saturated carbocycles. The van der Waals surface area contributed by atoms with Crippen molar-refractivity contribution in [2.75, 3.05) is 32.7 Å². The minimum absolute atomic E-state index is 0.0541. The summed E-state index contributed by atoms with van der Waals surface area (Å²) < 4.78 is 10.5. The van der Waals surface area contributed by atoms with E-state index in [1.54, 1.807) is 44.4 Å². The number of hydrogen-bond donors (Lipinski definition) is 0. The van der Waals surface area contributed by atoms with Gasteiger partial charge in [-0.2, -0.15) is 0 Å². The first-order chi connectivity index (χ1) is 13.5. The number of rotatable bonds is 6. The van der Waals surface area contributed by atoms with E-state index >= 15 is 0 Å². The molecule has 2 amide bonds. The minimum Gasteiger partial charge on any atom is -0.493 e. The molecule has 1 atom stereocenters. The first-order valence-corrected chi connectivity index (χ1v) is 9.08. The Labute approximate surface area is 165 Å². The molecule has 2 aromatic carbocycles. The number of methoxy groups -OCH3 is 2. The molecule has 1 heterocycles. The number of carbonyl (C=O) groups is 2. The van der Waals surface area contributed by atoms with Gasteiger partial charge in [-0.15, -0.1) is 0 Å². The van der Waals surface area contributed by atoms with Gasteiger partial charge in [-0.05, 0) is 42.3 Å². The van der Waals surface area contributed by atoms with E-state index in [0.717, 1.165) is 11.3 Å². The Bertz CT molecular complexity index is 879. The molecule has 0 aromatic heterocycles. The standard InChI is InChI=1S/C22H24N2O4/c1-23(18-13-14-24(22(18)26)17-7-5-4-6-8-17)21(25)12-10-16-9-11-19(27-2)20(15-16)28-3/h4-12,15,18H,13-14H2,1-3H3/b12-10+. The van der Waals surface area contributed by atoms with Crippen molar-refractivity contribution in [3.63, 3.8) is 0 Å². The second-order valence-corrected chi connectivity index (χ2v) is 6.53. The van der Waals surface area contributed by atoms with Crippen molar-refractivity contribution in [2.24, 2.45) is 0 Å². The lowest BCUT2D eigenvalue weighted by molar-refractivity contribution is -0.132. The summed E-state index contributed by atoms with van der Waals surface area (Å²) in [6.45, 7) is 0.602. The van der Waals surface area contributed by atoms with Crippen LogP contribution in [0.25, 0.3) is 6.08 Å². The number of amides is 2. The van der Waals surface area contributed by atoms with E-state index in [1.807, 2.05) is 36.4 Å². The minimum atomic E-state index is -0.456. The van der Waals surface area contributed by atoms with E-state index in [4.69, 9.17) is 9.47 Å². The fourth-order valence-electron chi connectivity index (χ4n) is 3.28. The smallest absolute Gasteiger partial charge is 0.249 e. The van der Waals surface area contributed by atoms with E-state index in [-0.39, 0.29) is 11.8 Å². The summed E-state index contributed by atoms with van der Waals surface area (Å²) in [6.07, 6.45) is 3.79. The highest BCUT2D eigenvalue weighted by atomic mass is 16.5. The van der Waals surface area contributed by atoms with Crippen LogP contribution in [0.2, 0.25) is 0 Å². The molecule has 0 aliphatic carbocycles. The van der Waals surface area contributed by atoms with Crippen LogP contribution >= 0.6 is 0 Å². The zero-order chi connectivity index (χ0) is 20.1. The maximum absolute atomic E-state index is 12.8. The molecule has 1 unspecified atom stereocenters. The lowest BCUT2D eigenvalue weighted by atomic mass is 10.1. The molecule has 6 heteroatoms. The summed E-state index contributed by atoms with van der Waals surface area (Å²) in [7, 11) is 4.80. The average molecular weight is 380 g/mol. The molecule has 2 aromatic rings. The largest absolute Gasteiger partial charge is 0.493 e. The van der Waals surface area contributed by atoms with Gasteiger partial charge in [0.15, 0.2) is 11.5 Å². The van der Waals surface area contributed by atoms with Gasteiger partial charge in [0.1, 0.15) is 6.04 Å². The quantitative estimate of drug-likeness (QED) is 0.723. The van der Waals surface area contributed by atoms with E-state index in [9.17, 15) is 9.59 Å². The van der Waals surface area contributed by atoms with Crippen molar-refractivity contribution < 1.29 is 19.1 Å². The first kappa shape index (κ1) is 19.5. The molecule has 6 nitrogen and oxygen atoms in total. The molecule has 146 valence electrons. The summed E-state index contributed by atoms with van der Waals surface area (Å²) in [5.41, 5.74) is 1.67. The molecular formula is C22H24N2O4. The zero-order valence-corrected chi connectivity index (χ0v) is 16.3. The van der Waals surface area contributed by atoms with Gasteiger partial charge in [-0.3, -0.25) is 9.59 Å². The molecule has 0 spiro atoms. The van der Waals surface area contributed by atoms with Crippen LogP contribution in [0.1, 0.15) is 12.0 Å². The highest BCUT2D eigenvalue weighted by Crippen LogP contribution is 2.28. The number of para-hydroxylation sites is 1. The van der Waals surface area contributed by atoms with Crippen LogP contribution in [0.4, 0.5) is 5.69 Å². The van der Waals surface area contributed by atoms with Crippen molar-refractivity contribution in [1.82, 2.24) is 4.90 Å². The second-order valence-electron chi connectivity index (χ2n) is 6.53. The lowest BCUT2D eigenvalue weighted by Gasteiger charge is -2.23. The number of ether oxygens (including phenoxy) is 2. The molecular weight excluding hydrogens is 356 g/mol. The van der Waals surface area contributed by atoms with Crippen molar-refractivity contribution >= 4 is 23.6 Å². The van der Waals surface area contributed by atoms with E-state index in [1.165, 1.54) is 11.0 Å². The molecule has 3 rings (SSSR count). The molecule has 28 heavy (non-hydrogen) atoms. The summed E-state index contributed by atoms with van der Waals surface area (Å²) >= 11 is 0. The van der Waals surface area contributed by atoms with Crippen LogP contribution in [0.5, 0.6) is 11.5 Å². The van der Waals surface area contributed by atoms with Crippen LogP contribution < -0.4 is 14.4 Å². The van der Waals surface area contributed by atoms with Gasteiger partial charge < -0.3 is 19.3 Å². The fraction of sp³-hybridized carbons (Fsp3) is 0.273. The van der Waals surface area contributed by atoms with Crippen molar-refractivity contribution in [3.8, 4) is 11.5 Å². The summed E-state index contributed by atoms with van der Waals surface area (Å²) in [5.74, 6) is 0.945. The highest BCUT2D eigenvalue weighted by Gasteiger charge is 2.36. The number of hydrogen-bond acceptors (Lipinski definition) is 4. The molecule has 0 radical (unpaired) electrons. The maximum atomic E-state index is 12.8. The third kappa shape index (κ3) is 4.01. The summed E-state index contributed by atoms with van der Waals surface area (Å²) in [6, 6.07) is 14.5. The summed E-state index contributed by atoms with van der Waals surface area (Å²) in [5, 5.41) is 0. The number of anilines is 1. The van der Waals surface area contributed by atoms with Gasteiger partial charge in [-0.1, -0.05) is 24.3 Å². The monoisotopic (exact) mass is 380 g/mol. The molecule has 1 aliphatic heterocycles. The molecule has 1 saturated heterocycles. The van der Waals surface area contributed by atoms with Crippen LogP contribution in [-0.4, -0.2) is 50.6 Å². The van der Waals surface area contributed by atoms with Gasteiger partial charge in [0.2, 0.25) is 11.8 Å². The molecule has 1 aliphatic rings. The Balaban J connectivity index is 1.68. The molecule has 0 bridgehead atoms. The Morgan fingerprint density at radius 1 is 1.11 bits per heavy atom. The predicted molar refractivity (Wildman–Crippen MR) is 109 cm³/mol. The van der Waals surface area contributed by atoms with Crippen LogP contribution in [0.3, 0.4) is 0 Å². The van der Waals surface area contributed by atoms with Gasteiger partial charge in [-0.25, -0.2) is 0 Å². The normalized spacial score (nSPS) is 16.5. The third-order valence-corrected chi connectivity index (χ3v) is 4.89. The Morgan fingerprint density at radius 3 is 2.50 bits per heavy atom. The topological polar surface area (TPSA) is 59.1 Å². The summed E-state index contributed by atoms with van der Waals surface area (Å²) in [4.78, 5) is 28.6. The predicted octanol–water partition coefficient (Wildman–Crippen LogP) is 2.98. The van der Waals surface area contributed by atoms with Gasteiger partial charge in [0, 0.05) is 25.4 Å². The molecule has 1 fully saturated rings. The van der Waals surface area contributed by atoms with E-state index in [2.05, 4.69) is 0 Å². The number of likely N-dealkylation sites (N-methyl/N-ethyl adjacent to an activating group) is 1. The van der Waals surface area contributed by atoms with Crippen LogP contribution in [0.15, 0.2) is 54.6 Å². The Morgan fingerprint density at radius 2 is 1.82 bits per heavy atom. The average Bonchev–Trinajstić information content (AvgIpc) is 3.12. The third-order valence-electron chi connectivity index (χ3n) is 4.89. The zero-order valence-electron chi connectivity index (χ0n) is 16.3. The Hall–Kier alpha value is -3.28. The van der Waals surface area contributed by atoms with Gasteiger partial charge in [0.25, 0.3) is 0 Å². The van der Waals surface area contributed by atoms with Gasteiger partial charge >= 0.3 is 0 Å². The van der Waals surface area contributed by atoms with Crippen molar-refractivity contribution in [2.45, 2.75) is 12.5 Å². The van der Waals surface area contributed by atoms with Crippen LogP contribution in [0, 0.1) is 0 Å². The van der Waals surface area contributed by atoms with E-state index < -0.39 is 6.04 Å². The maximum Gasteiger partial charge on any atom is 0.249 e. The van der Waals surface area contributed by atoms with Gasteiger partial charge in [0.05, 0.1) is 14.2 Å². The van der Waals surface area contributed by atoms with Crippen molar-refractivity contribution in [1.29, 1.82) is 0 Å². The van der Waals surface area contributed by atoms with Crippen LogP contribution in [-0.2, 0) is 9.59 Å². The van der Waals surface area contributed by atoms with E-state index in [0.29, 0.717) is 24.5 Å². The number of benzene rings is 2. The SMILES string of the molecule is COc1ccc(/C=C/C(=O)N(C)C2CCN(c3ccccc3)C2=O)cc1OC. The first-order valence-electron chi connectivity index (χ1n) is 9.08. The second kappa shape index (κ2) is 8.61. The lowest BCUT2D eigenvalue weighted by Crippen LogP contribution is -2.42.